The maximum Gasteiger partial charge on any atom is 0.266 e. The number of halogens is 2. The largest absolute Gasteiger partial charge is 0.332 e. The number of carbonyl (C=O) groups is 1. The molecule has 5 nitrogen and oxygen atoms in total. The molecular weight excluding hydrogens is 490 g/mol. The van der Waals surface area contributed by atoms with Crippen LogP contribution in [0.3, 0.4) is 0 Å². The zero-order chi connectivity index (χ0) is 23.0. The van der Waals surface area contributed by atoms with Crippen LogP contribution >= 0.6 is 27.5 Å². The number of rotatable bonds is 4. The Labute approximate surface area is 199 Å². The quantitative estimate of drug-likeness (QED) is 0.341. The van der Waals surface area contributed by atoms with Crippen molar-refractivity contribution in [3.63, 3.8) is 0 Å². The smallest absolute Gasteiger partial charge is 0.266 e. The van der Waals surface area contributed by atoms with Gasteiger partial charge >= 0.3 is 0 Å². The summed E-state index contributed by atoms with van der Waals surface area (Å²) in [5.41, 5.74) is 2.33. The molecule has 0 aliphatic carbocycles. The summed E-state index contributed by atoms with van der Waals surface area (Å²) in [5, 5.41) is 1.06. The number of aromatic nitrogens is 2. The highest BCUT2D eigenvalue weighted by atomic mass is 79.9. The van der Waals surface area contributed by atoms with Gasteiger partial charge in [-0.25, -0.2) is 4.98 Å². The van der Waals surface area contributed by atoms with E-state index >= 15 is 0 Å². The molecule has 0 spiro atoms. The molecule has 0 fully saturated rings. The normalized spacial score (nSPS) is 12.0. The van der Waals surface area contributed by atoms with Gasteiger partial charge < -0.3 is 4.90 Å². The summed E-state index contributed by atoms with van der Waals surface area (Å²) < 4.78 is 2.39. The maximum absolute atomic E-state index is 13.6. The molecule has 0 N–H and O–H groups in total. The first kappa shape index (κ1) is 22.2. The third kappa shape index (κ3) is 3.96. The second kappa shape index (κ2) is 8.88. The van der Waals surface area contributed by atoms with Crippen molar-refractivity contribution in [3.05, 3.63) is 104 Å². The molecule has 32 heavy (non-hydrogen) atoms. The predicted molar refractivity (Wildman–Crippen MR) is 132 cm³/mol. The zero-order valence-electron chi connectivity index (χ0n) is 17.8. The number of para-hydroxylation sites is 1. The highest BCUT2D eigenvalue weighted by Crippen LogP contribution is 2.27. The van der Waals surface area contributed by atoms with Gasteiger partial charge in [-0.3, -0.25) is 14.2 Å². The Hall–Kier alpha value is -2.96. The number of fused-ring (bicyclic) bond motifs is 1. The van der Waals surface area contributed by atoms with Gasteiger partial charge in [-0.15, -0.1) is 0 Å². The van der Waals surface area contributed by atoms with E-state index in [0.717, 1.165) is 10.0 Å². The molecule has 0 saturated heterocycles. The van der Waals surface area contributed by atoms with Gasteiger partial charge in [-0.1, -0.05) is 51.8 Å². The minimum atomic E-state index is -0.489. The SMILES string of the molecule is Cc1c(Cl)cccc1-n1c(C(C)N(C)C(=O)c2cccc(Br)c2)nc2ccccc2c1=O. The molecule has 0 saturated carbocycles. The van der Waals surface area contributed by atoms with E-state index in [1.807, 2.05) is 44.2 Å². The fourth-order valence-corrected chi connectivity index (χ4v) is 4.24. The predicted octanol–water partition coefficient (Wildman–Crippen LogP) is 5.94. The molecule has 0 radical (unpaired) electrons. The van der Waals surface area contributed by atoms with Gasteiger partial charge in [0, 0.05) is 22.1 Å². The Bertz CT molecular complexity index is 1400. The summed E-state index contributed by atoms with van der Waals surface area (Å²) in [5.74, 6) is 0.292. The van der Waals surface area contributed by atoms with Crippen LogP contribution in [0.25, 0.3) is 16.6 Å². The first-order chi connectivity index (χ1) is 15.3. The lowest BCUT2D eigenvalue weighted by Gasteiger charge is -2.27. The summed E-state index contributed by atoms with van der Waals surface area (Å²) in [4.78, 5) is 33.2. The second-order valence-electron chi connectivity index (χ2n) is 7.61. The third-order valence-corrected chi connectivity index (χ3v) is 6.53. The number of hydrogen-bond donors (Lipinski definition) is 0. The summed E-state index contributed by atoms with van der Waals surface area (Å²) in [6.07, 6.45) is 0. The molecular formula is C25H21BrClN3O2. The van der Waals surface area contributed by atoms with Crippen LogP contribution in [-0.2, 0) is 0 Å². The van der Waals surface area contributed by atoms with E-state index in [1.54, 1.807) is 52.9 Å². The lowest BCUT2D eigenvalue weighted by atomic mass is 10.1. The van der Waals surface area contributed by atoms with Crippen LogP contribution in [0.15, 0.2) is 76.0 Å². The molecule has 1 aromatic heterocycles. The molecule has 0 aliphatic heterocycles. The zero-order valence-corrected chi connectivity index (χ0v) is 20.2. The molecule has 1 unspecified atom stereocenters. The van der Waals surface area contributed by atoms with Crippen LogP contribution in [-0.4, -0.2) is 27.4 Å². The fourth-order valence-electron chi connectivity index (χ4n) is 3.68. The van der Waals surface area contributed by atoms with Crippen molar-refractivity contribution >= 4 is 44.3 Å². The van der Waals surface area contributed by atoms with Gasteiger partial charge in [-0.2, -0.15) is 0 Å². The first-order valence-corrected chi connectivity index (χ1v) is 11.3. The van der Waals surface area contributed by atoms with Crippen molar-refractivity contribution in [2.75, 3.05) is 7.05 Å². The lowest BCUT2D eigenvalue weighted by Crippen LogP contribution is -2.35. The van der Waals surface area contributed by atoms with Crippen molar-refractivity contribution in [2.24, 2.45) is 0 Å². The van der Waals surface area contributed by atoms with E-state index < -0.39 is 6.04 Å². The second-order valence-corrected chi connectivity index (χ2v) is 8.94. The van der Waals surface area contributed by atoms with Crippen LogP contribution in [0.5, 0.6) is 0 Å². The number of carbonyl (C=O) groups excluding carboxylic acids is 1. The van der Waals surface area contributed by atoms with E-state index in [2.05, 4.69) is 15.9 Å². The van der Waals surface area contributed by atoms with Crippen LogP contribution in [0.2, 0.25) is 5.02 Å². The molecule has 0 bridgehead atoms. The van der Waals surface area contributed by atoms with E-state index in [4.69, 9.17) is 16.6 Å². The highest BCUT2D eigenvalue weighted by Gasteiger charge is 2.25. The van der Waals surface area contributed by atoms with Crippen molar-refractivity contribution in [2.45, 2.75) is 19.9 Å². The molecule has 1 heterocycles. The van der Waals surface area contributed by atoms with Crippen molar-refractivity contribution in [1.82, 2.24) is 14.5 Å². The molecule has 3 aromatic carbocycles. The number of benzene rings is 3. The van der Waals surface area contributed by atoms with E-state index in [1.165, 1.54) is 0 Å². The van der Waals surface area contributed by atoms with Crippen LogP contribution < -0.4 is 5.56 Å². The van der Waals surface area contributed by atoms with Crippen LogP contribution in [0, 0.1) is 6.92 Å². The Kier molecular flexibility index (Phi) is 6.17. The number of amides is 1. The minimum Gasteiger partial charge on any atom is -0.332 e. The molecule has 7 heteroatoms. The van der Waals surface area contributed by atoms with Crippen LogP contribution in [0.1, 0.15) is 34.7 Å². The van der Waals surface area contributed by atoms with Gasteiger partial charge in [0.1, 0.15) is 5.82 Å². The van der Waals surface area contributed by atoms with Gasteiger partial charge in [0.15, 0.2) is 0 Å². The van der Waals surface area contributed by atoms with Gasteiger partial charge in [0.25, 0.3) is 11.5 Å². The molecule has 162 valence electrons. The standard InChI is InChI=1S/C25H21BrClN3O2/c1-15-20(27)11-7-13-22(15)30-23(28-21-12-5-4-10-19(21)25(30)32)16(2)29(3)24(31)17-8-6-9-18(26)14-17/h4-14,16H,1-3H3. The highest BCUT2D eigenvalue weighted by molar-refractivity contribution is 9.10. The Morgan fingerprint density at radius 1 is 1.09 bits per heavy atom. The number of nitrogens with zero attached hydrogens (tertiary/aromatic N) is 3. The summed E-state index contributed by atoms with van der Waals surface area (Å²) in [6.45, 7) is 3.73. The van der Waals surface area contributed by atoms with Gasteiger partial charge in [0.05, 0.1) is 22.6 Å². The monoisotopic (exact) mass is 509 g/mol. The van der Waals surface area contributed by atoms with Crippen molar-refractivity contribution in [3.8, 4) is 5.69 Å². The number of hydrogen-bond acceptors (Lipinski definition) is 3. The Balaban J connectivity index is 1.92. The molecule has 4 rings (SSSR count). The molecule has 1 atom stereocenters. The summed E-state index contributed by atoms with van der Waals surface area (Å²) >= 11 is 9.78. The molecule has 0 aliphatic rings. The fraction of sp³-hybridized carbons (Fsp3) is 0.160. The molecule has 4 aromatic rings. The average Bonchev–Trinajstić information content (AvgIpc) is 2.80. The average molecular weight is 511 g/mol. The third-order valence-electron chi connectivity index (χ3n) is 5.63. The van der Waals surface area contributed by atoms with Gasteiger partial charge in [-0.05, 0) is 61.9 Å². The van der Waals surface area contributed by atoms with E-state index in [-0.39, 0.29) is 11.5 Å². The van der Waals surface area contributed by atoms with E-state index in [9.17, 15) is 9.59 Å². The minimum absolute atomic E-state index is 0.171. The molecule has 1 amide bonds. The summed E-state index contributed by atoms with van der Waals surface area (Å²) in [7, 11) is 1.71. The van der Waals surface area contributed by atoms with Crippen molar-refractivity contribution in [1.29, 1.82) is 0 Å². The Morgan fingerprint density at radius 2 is 1.81 bits per heavy atom. The van der Waals surface area contributed by atoms with Crippen LogP contribution in [0.4, 0.5) is 0 Å². The first-order valence-electron chi connectivity index (χ1n) is 10.1. The Morgan fingerprint density at radius 3 is 2.56 bits per heavy atom. The van der Waals surface area contributed by atoms with Gasteiger partial charge in [0.2, 0.25) is 0 Å². The van der Waals surface area contributed by atoms with E-state index in [0.29, 0.717) is 33.0 Å². The maximum atomic E-state index is 13.6. The topological polar surface area (TPSA) is 55.2 Å². The van der Waals surface area contributed by atoms with Crippen molar-refractivity contribution < 1.29 is 4.79 Å². The summed E-state index contributed by atoms with van der Waals surface area (Å²) in [6, 6.07) is 19.4. The lowest BCUT2D eigenvalue weighted by molar-refractivity contribution is 0.0735.